The van der Waals surface area contributed by atoms with E-state index >= 15 is 0 Å². The molecule has 0 bridgehead atoms. The molecule has 0 saturated heterocycles. The number of anilines is 1. The third kappa shape index (κ3) is 3.63. The van der Waals surface area contributed by atoms with Gasteiger partial charge < -0.3 is 0 Å². The molecule has 0 aromatic heterocycles. The van der Waals surface area contributed by atoms with Crippen molar-refractivity contribution in [1.82, 2.24) is 0 Å². The van der Waals surface area contributed by atoms with E-state index in [4.69, 9.17) is 5.26 Å². The summed E-state index contributed by atoms with van der Waals surface area (Å²) < 4.78 is 0. The normalized spacial score (nSPS) is 10.5. The highest BCUT2D eigenvalue weighted by molar-refractivity contribution is 6.45. The third-order valence-electron chi connectivity index (χ3n) is 2.94. The highest BCUT2D eigenvalue weighted by Crippen LogP contribution is 2.21. The number of nitriles is 1. The average molecular weight is 323 g/mol. The van der Waals surface area contributed by atoms with Gasteiger partial charge in [0, 0.05) is 17.7 Å². The molecule has 2 rings (SSSR count). The van der Waals surface area contributed by atoms with Crippen molar-refractivity contribution in [3.8, 4) is 6.07 Å². The van der Waals surface area contributed by atoms with Gasteiger partial charge in [-0.2, -0.15) is 5.26 Å². The number of rotatable bonds is 5. The monoisotopic (exact) mass is 323 g/mol. The molecule has 0 aliphatic rings. The molecule has 0 aliphatic heterocycles. The molecule has 0 saturated carbocycles. The van der Waals surface area contributed by atoms with E-state index < -0.39 is 16.5 Å². The number of hydrogen-bond acceptors (Lipinski definition) is 7. The smallest absolute Gasteiger partial charge is 0.270 e. The molecular formula is C15H9N5O4. The van der Waals surface area contributed by atoms with E-state index in [0.29, 0.717) is 0 Å². The Morgan fingerprint density at radius 3 is 2.50 bits per heavy atom. The van der Waals surface area contributed by atoms with E-state index in [0.717, 1.165) is 12.1 Å². The molecular weight excluding hydrogens is 314 g/mol. The van der Waals surface area contributed by atoms with E-state index in [1.54, 1.807) is 24.3 Å². The molecule has 0 fully saturated rings. The fourth-order valence-corrected chi connectivity index (χ4v) is 1.78. The lowest BCUT2D eigenvalue weighted by atomic mass is 10.1. The zero-order chi connectivity index (χ0) is 17.5. The predicted molar refractivity (Wildman–Crippen MR) is 85.4 cm³/mol. The Morgan fingerprint density at radius 2 is 1.92 bits per heavy atom. The number of nitro groups is 1. The number of benzene rings is 2. The van der Waals surface area contributed by atoms with Crippen LogP contribution in [0.25, 0.3) is 0 Å². The van der Waals surface area contributed by atoms with Gasteiger partial charge in [0.1, 0.15) is 6.07 Å². The van der Waals surface area contributed by atoms with Crippen LogP contribution in [-0.4, -0.2) is 16.5 Å². The highest BCUT2D eigenvalue weighted by Gasteiger charge is 2.16. The van der Waals surface area contributed by atoms with Gasteiger partial charge in [0.05, 0.1) is 16.2 Å². The lowest BCUT2D eigenvalue weighted by Crippen LogP contribution is -2.13. The summed E-state index contributed by atoms with van der Waals surface area (Å²) in [5, 5.41) is 25.9. The molecule has 9 nitrogen and oxygen atoms in total. The number of nitrogens with one attached hydrogen (secondary N) is 1. The van der Waals surface area contributed by atoms with Crippen molar-refractivity contribution in [1.29, 1.82) is 5.26 Å². The molecule has 24 heavy (non-hydrogen) atoms. The van der Waals surface area contributed by atoms with Gasteiger partial charge in [-0.05, 0) is 11.2 Å². The number of nitroso groups, excluding NO2 is 1. The van der Waals surface area contributed by atoms with E-state index in [1.165, 1.54) is 18.2 Å². The Kier molecular flexibility index (Phi) is 5.05. The van der Waals surface area contributed by atoms with Gasteiger partial charge in [-0.25, -0.2) is 0 Å². The Bertz CT molecular complexity index is 871. The first-order valence-corrected chi connectivity index (χ1v) is 6.52. The highest BCUT2D eigenvalue weighted by atomic mass is 16.6. The maximum atomic E-state index is 12.1. The van der Waals surface area contributed by atoms with Crippen molar-refractivity contribution in [3.63, 3.8) is 0 Å². The fraction of sp³-hybridized carbons (Fsp3) is 0. The fourth-order valence-electron chi connectivity index (χ4n) is 1.78. The summed E-state index contributed by atoms with van der Waals surface area (Å²) in [5.74, 6) is -1.33. The van der Waals surface area contributed by atoms with E-state index in [-0.39, 0.29) is 22.5 Å². The number of ketones is 1. The molecule has 0 amide bonds. The van der Waals surface area contributed by atoms with Crippen LogP contribution in [0.3, 0.4) is 0 Å². The number of hydrogen-bond donors (Lipinski definition) is 1. The SMILES string of the molecule is N#Cc1cc([N+](=O)[O-])ccc1NN=C(N=O)C(=O)c1ccccc1. The molecule has 2 aromatic carbocycles. The van der Waals surface area contributed by atoms with Gasteiger partial charge >= 0.3 is 0 Å². The van der Waals surface area contributed by atoms with Gasteiger partial charge in [-0.1, -0.05) is 30.3 Å². The van der Waals surface area contributed by atoms with Crippen LogP contribution in [0.5, 0.6) is 0 Å². The van der Waals surface area contributed by atoms with Gasteiger partial charge in [0.15, 0.2) is 0 Å². The molecule has 0 radical (unpaired) electrons. The van der Waals surface area contributed by atoms with Crippen LogP contribution in [0.4, 0.5) is 11.4 Å². The number of amidine groups is 1. The lowest BCUT2D eigenvalue weighted by Gasteiger charge is -2.03. The minimum absolute atomic E-state index is 0.0645. The van der Waals surface area contributed by atoms with Crippen molar-refractivity contribution in [3.05, 3.63) is 74.7 Å². The Hall–Kier alpha value is -3.93. The summed E-state index contributed by atoms with van der Waals surface area (Å²) in [6.07, 6.45) is 0. The van der Waals surface area contributed by atoms with Gasteiger partial charge in [0.25, 0.3) is 11.5 Å². The molecule has 0 spiro atoms. The van der Waals surface area contributed by atoms with Crippen LogP contribution < -0.4 is 5.43 Å². The Labute approximate surface area is 135 Å². The summed E-state index contributed by atoms with van der Waals surface area (Å²) in [7, 11) is 0. The van der Waals surface area contributed by atoms with Crippen molar-refractivity contribution in [2.75, 3.05) is 5.43 Å². The number of carbonyl (C=O) groups excluding carboxylic acids is 1. The van der Waals surface area contributed by atoms with Gasteiger partial charge in [0.2, 0.25) is 5.78 Å². The van der Waals surface area contributed by atoms with E-state index in [1.807, 2.05) is 0 Å². The number of nitro benzene ring substituents is 1. The Balaban J connectivity index is 2.28. The third-order valence-corrected chi connectivity index (χ3v) is 2.94. The first-order chi connectivity index (χ1) is 11.6. The zero-order valence-electron chi connectivity index (χ0n) is 12.0. The largest absolute Gasteiger partial charge is 0.285 e. The quantitative estimate of drug-likeness (QED) is 0.224. The Morgan fingerprint density at radius 1 is 1.21 bits per heavy atom. The van der Waals surface area contributed by atoms with Crippen LogP contribution in [-0.2, 0) is 0 Å². The topological polar surface area (TPSA) is 138 Å². The van der Waals surface area contributed by atoms with E-state index in [9.17, 15) is 19.8 Å². The molecule has 2 aromatic rings. The summed E-state index contributed by atoms with van der Waals surface area (Å²) in [4.78, 5) is 33.0. The zero-order valence-corrected chi connectivity index (χ0v) is 12.0. The molecule has 0 heterocycles. The van der Waals surface area contributed by atoms with E-state index in [2.05, 4.69) is 15.7 Å². The number of carbonyl (C=O) groups is 1. The summed E-state index contributed by atoms with van der Waals surface area (Å²) in [6.45, 7) is 0. The van der Waals surface area contributed by atoms with Crippen molar-refractivity contribution < 1.29 is 9.72 Å². The van der Waals surface area contributed by atoms with Crippen LogP contribution >= 0.6 is 0 Å². The number of non-ortho nitro benzene ring substituents is 1. The first kappa shape index (κ1) is 16.4. The maximum absolute atomic E-state index is 12.1. The van der Waals surface area contributed by atoms with Crippen molar-refractivity contribution in [2.24, 2.45) is 10.3 Å². The van der Waals surface area contributed by atoms with Crippen LogP contribution in [0.15, 0.2) is 58.8 Å². The molecule has 1 N–H and O–H groups in total. The summed E-state index contributed by atoms with van der Waals surface area (Å²) >= 11 is 0. The van der Waals surface area contributed by atoms with Crippen LogP contribution in [0, 0.1) is 26.4 Å². The standard InChI is InChI=1S/C15H9N5O4/c16-9-11-8-12(20(23)24)6-7-13(11)17-18-15(19-22)14(21)10-4-2-1-3-5-10/h1-8,17H. The minimum atomic E-state index is -0.696. The second-order valence-corrected chi connectivity index (χ2v) is 4.43. The number of Topliss-reactive ketones (excluding diaryl/α,β-unsaturated/α-hetero) is 1. The van der Waals surface area contributed by atoms with Crippen LogP contribution in [0.2, 0.25) is 0 Å². The lowest BCUT2D eigenvalue weighted by molar-refractivity contribution is -0.384. The second-order valence-electron chi connectivity index (χ2n) is 4.43. The molecule has 9 heteroatoms. The molecule has 0 atom stereocenters. The molecule has 0 aliphatic carbocycles. The predicted octanol–water partition coefficient (Wildman–Crippen LogP) is 2.84. The number of hydrazone groups is 1. The summed E-state index contributed by atoms with van der Waals surface area (Å²) in [5.41, 5.74) is 2.35. The minimum Gasteiger partial charge on any atom is -0.285 e. The number of nitrogens with zero attached hydrogens (tertiary/aromatic N) is 4. The van der Waals surface area contributed by atoms with Crippen LogP contribution in [0.1, 0.15) is 15.9 Å². The molecule has 118 valence electrons. The average Bonchev–Trinajstić information content (AvgIpc) is 2.62. The van der Waals surface area contributed by atoms with Gasteiger partial charge in [-0.3, -0.25) is 20.3 Å². The first-order valence-electron chi connectivity index (χ1n) is 6.52. The van der Waals surface area contributed by atoms with Crippen molar-refractivity contribution in [2.45, 2.75) is 0 Å². The summed E-state index contributed by atoms with van der Waals surface area (Å²) in [6, 6.07) is 13.1. The van der Waals surface area contributed by atoms with Crippen molar-refractivity contribution >= 4 is 23.0 Å². The second kappa shape index (κ2) is 7.37. The maximum Gasteiger partial charge on any atom is 0.270 e. The van der Waals surface area contributed by atoms with Gasteiger partial charge in [-0.15, -0.1) is 10.0 Å². The molecule has 0 unspecified atom stereocenters.